The molecule has 0 unspecified atom stereocenters. The first-order valence-electron chi connectivity index (χ1n) is 11.1. The molecule has 1 atom stereocenters. The third-order valence-electron chi connectivity index (χ3n) is 5.78. The van der Waals surface area contributed by atoms with Crippen molar-refractivity contribution < 1.29 is 27.9 Å². The van der Waals surface area contributed by atoms with Crippen LogP contribution in [0.15, 0.2) is 40.8 Å². The van der Waals surface area contributed by atoms with Gasteiger partial charge >= 0.3 is 6.09 Å². The summed E-state index contributed by atoms with van der Waals surface area (Å²) in [6.45, 7) is 5.56. The van der Waals surface area contributed by atoms with E-state index in [1.54, 1.807) is 29.2 Å². The number of amides is 3. The number of carbonyl (C=O) groups excluding carboxylic acids is 3. The largest absolute Gasteiger partial charge is 0.462 e. The Morgan fingerprint density at radius 3 is 2.59 bits per heavy atom. The lowest BCUT2D eigenvalue weighted by Gasteiger charge is -2.36. The summed E-state index contributed by atoms with van der Waals surface area (Å²) in [4.78, 5) is 40.6. The lowest BCUT2D eigenvalue weighted by Crippen LogP contribution is -2.48. The Bertz CT molecular complexity index is 1110. The van der Waals surface area contributed by atoms with Crippen LogP contribution in [0.2, 0.25) is 0 Å². The Labute approximate surface area is 196 Å². The summed E-state index contributed by atoms with van der Waals surface area (Å²) in [7, 11) is 0. The van der Waals surface area contributed by atoms with Crippen LogP contribution in [0.3, 0.4) is 0 Å². The van der Waals surface area contributed by atoms with E-state index in [1.807, 2.05) is 17.9 Å². The van der Waals surface area contributed by atoms with Crippen molar-refractivity contribution in [1.29, 1.82) is 0 Å². The number of nitrogens with zero attached hydrogens (tertiary/aromatic N) is 3. The molecule has 2 aliphatic heterocycles. The van der Waals surface area contributed by atoms with E-state index in [2.05, 4.69) is 5.32 Å². The van der Waals surface area contributed by atoms with Crippen molar-refractivity contribution in [3.63, 3.8) is 0 Å². The lowest BCUT2D eigenvalue weighted by molar-refractivity contribution is -0.126. The third-order valence-corrected chi connectivity index (χ3v) is 5.78. The van der Waals surface area contributed by atoms with Crippen molar-refractivity contribution in [2.24, 2.45) is 0 Å². The number of piperazine rings is 1. The fourth-order valence-corrected chi connectivity index (χ4v) is 3.99. The van der Waals surface area contributed by atoms with Gasteiger partial charge in [0.25, 0.3) is 0 Å². The van der Waals surface area contributed by atoms with Crippen LogP contribution in [0.5, 0.6) is 0 Å². The molecule has 3 amide bonds. The van der Waals surface area contributed by atoms with Crippen molar-refractivity contribution >= 4 is 35.4 Å². The molecule has 0 radical (unpaired) electrons. The quantitative estimate of drug-likeness (QED) is 0.652. The van der Waals surface area contributed by atoms with Crippen molar-refractivity contribution in [2.75, 3.05) is 49.1 Å². The van der Waals surface area contributed by atoms with E-state index < -0.39 is 18.0 Å². The molecule has 0 saturated carbocycles. The molecule has 2 aliphatic rings. The lowest BCUT2D eigenvalue weighted by atomic mass is 10.2. The number of hydrogen-bond acceptors (Lipinski definition) is 6. The molecule has 3 heterocycles. The average molecular weight is 471 g/mol. The van der Waals surface area contributed by atoms with E-state index in [0.29, 0.717) is 43.3 Å². The second kappa shape index (κ2) is 9.98. The molecule has 2 saturated heterocycles. The normalized spacial score (nSPS) is 18.5. The number of anilines is 2. The molecule has 0 spiro atoms. The van der Waals surface area contributed by atoms with Gasteiger partial charge in [-0.3, -0.25) is 14.5 Å². The predicted octanol–water partition coefficient (Wildman–Crippen LogP) is 2.55. The number of cyclic esters (lactones) is 1. The van der Waals surface area contributed by atoms with E-state index in [9.17, 15) is 18.8 Å². The zero-order chi connectivity index (χ0) is 24.2. The van der Waals surface area contributed by atoms with Gasteiger partial charge in [-0.25, -0.2) is 9.18 Å². The average Bonchev–Trinajstić information content (AvgIpc) is 3.41. The number of benzene rings is 1. The van der Waals surface area contributed by atoms with E-state index in [-0.39, 0.29) is 24.9 Å². The Morgan fingerprint density at radius 2 is 1.94 bits per heavy atom. The van der Waals surface area contributed by atoms with Crippen LogP contribution in [-0.4, -0.2) is 68.2 Å². The maximum Gasteiger partial charge on any atom is 0.414 e. The minimum atomic E-state index is -0.576. The highest BCUT2D eigenvalue weighted by Gasteiger charge is 2.33. The van der Waals surface area contributed by atoms with Gasteiger partial charge in [-0.2, -0.15) is 0 Å². The fraction of sp³-hybridized carbons (Fsp3) is 0.375. The molecule has 34 heavy (non-hydrogen) atoms. The molecule has 10 heteroatoms. The van der Waals surface area contributed by atoms with Gasteiger partial charge < -0.3 is 24.3 Å². The summed E-state index contributed by atoms with van der Waals surface area (Å²) >= 11 is 0. The highest BCUT2D eigenvalue weighted by atomic mass is 19.1. The van der Waals surface area contributed by atoms with E-state index in [0.717, 1.165) is 5.76 Å². The molecule has 9 nitrogen and oxygen atoms in total. The maximum absolute atomic E-state index is 15.0. The van der Waals surface area contributed by atoms with E-state index in [1.165, 1.54) is 24.0 Å². The number of halogens is 1. The summed E-state index contributed by atoms with van der Waals surface area (Å²) in [5, 5.41) is 2.61. The zero-order valence-corrected chi connectivity index (χ0v) is 19.1. The van der Waals surface area contributed by atoms with Crippen LogP contribution in [0, 0.1) is 12.7 Å². The Balaban J connectivity index is 1.33. The minimum absolute atomic E-state index is 0.120. The molecule has 1 aromatic heterocycles. The van der Waals surface area contributed by atoms with Crippen LogP contribution < -0.4 is 15.1 Å². The van der Waals surface area contributed by atoms with Gasteiger partial charge in [-0.05, 0) is 43.3 Å². The highest BCUT2D eigenvalue weighted by molar-refractivity contribution is 5.92. The van der Waals surface area contributed by atoms with Crippen LogP contribution in [-0.2, 0) is 14.3 Å². The SMILES string of the molecule is CC(=O)NC[C@H]1CN(c2ccc(N3CCN(C(=O)/C=C/c4ccc(C)o4)CC3)c(F)c2)C(=O)O1. The molecule has 2 aromatic rings. The second-order valence-corrected chi connectivity index (χ2v) is 8.28. The minimum Gasteiger partial charge on any atom is -0.462 e. The number of ether oxygens (including phenoxy) is 1. The summed E-state index contributed by atoms with van der Waals surface area (Å²) in [5.74, 6) is 0.611. The molecule has 0 bridgehead atoms. The number of carbonyl (C=O) groups is 3. The number of nitrogens with one attached hydrogen (secondary N) is 1. The monoisotopic (exact) mass is 470 g/mol. The van der Waals surface area contributed by atoms with Crippen LogP contribution in [0.25, 0.3) is 6.08 Å². The number of rotatable bonds is 6. The molecular weight excluding hydrogens is 443 g/mol. The Kier molecular flexibility index (Phi) is 6.85. The van der Waals surface area contributed by atoms with Gasteiger partial charge in [0.15, 0.2) is 0 Å². The standard InChI is InChI=1S/C24H27FN4O5/c1-16-3-5-19(33-16)6-8-23(31)28-11-9-27(10-12-28)22-7-4-18(13-21(22)25)29-15-20(34-24(29)32)14-26-17(2)30/h3-8,13,20H,9-12,14-15H2,1-2H3,(H,26,30)/b8-6+/t20-/m0/s1. The third kappa shape index (κ3) is 5.38. The number of hydrogen-bond donors (Lipinski definition) is 1. The first kappa shape index (κ1) is 23.3. The molecule has 0 aliphatic carbocycles. The van der Waals surface area contributed by atoms with Crippen molar-refractivity contribution in [2.45, 2.75) is 20.0 Å². The smallest absolute Gasteiger partial charge is 0.414 e. The summed E-state index contributed by atoms with van der Waals surface area (Å²) in [6, 6.07) is 8.25. The maximum atomic E-state index is 15.0. The molecule has 2 fully saturated rings. The van der Waals surface area contributed by atoms with Gasteiger partial charge in [-0.15, -0.1) is 0 Å². The van der Waals surface area contributed by atoms with Crippen LogP contribution >= 0.6 is 0 Å². The Hall–Kier alpha value is -3.82. The highest BCUT2D eigenvalue weighted by Crippen LogP contribution is 2.28. The summed E-state index contributed by atoms with van der Waals surface area (Å²) in [5.41, 5.74) is 0.809. The van der Waals surface area contributed by atoms with E-state index >= 15 is 0 Å². The number of furan rings is 1. The van der Waals surface area contributed by atoms with Gasteiger partial charge in [0.2, 0.25) is 11.8 Å². The summed E-state index contributed by atoms with van der Waals surface area (Å²) < 4.78 is 25.6. The van der Waals surface area contributed by atoms with Gasteiger partial charge in [0.1, 0.15) is 23.4 Å². The zero-order valence-electron chi connectivity index (χ0n) is 19.1. The summed E-state index contributed by atoms with van der Waals surface area (Å²) in [6.07, 6.45) is 2.06. The van der Waals surface area contributed by atoms with Crippen molar-refractivity contribution in [3.8, 4) is 0 Å². The van der Waals surface area contributed by atoms with Crippen molar-refractivity contribution in [1.82, 2.24) is 10.2 Å². The molecule has 1 aromatic carbocycles. The topological polar surface area (TPSA) is 95.3 Å². The molecule has 1 N–H and O–H groups in total. The van der Waals surface area contributed by atoms with Gasteiger partial charge in [-0.1, -0.05) is 0 Å². The van der Waals surface area contributed by atoms with Crippen LogP contribution in [0.4, 0.5) is 20.6 Å². The first-order valence-corrected chi connectivity index (χ1v) is 11.1. The molecule has 180 valence electrons. The molecular formula is C24H27FN4O5. The van der Waals surface area contributed by atoms with Gasteiger partial charge in [0, 0.05) is 39.2 Å². The van der Waals surface area contributed by atoms with E-state index in [4.69, 9.17) is 9.15 Å². The predicted molar refractivity (Wildman–Crippen MR) is 124 cm³/mol. The fourth-order valence-electron chi connectivity index (χ4n) is 3.99. The van der Waals surface area contributed by atoms with Crippen LogP contribution in [0.1, 0.15) is 18.4 Å². The first-order chi connectivity index (χ1) is 16.3. The second-order valence-electron chi connectivity index (χ2n) is 8.28. The Morgan fingerprint density at radius 1 is 1.18 bits per heavy atom. The van der Waals surface area contributed by atoms with Crippen molar-refractivity contribution in [3.05, 3.63) is 53.7 Å². The van der Waals surface area contributed by atoms with Gasteiger partial charge in [0.05, 0.1) is 24.5 Å². The molecule has 4 rings (SSSR count). The number of aryl methyl sites for hydroxylation is 1.